The predicted octanol–water partition coefficient (Wildman–Crippen LogP) is 11.6. The molecule has 2 nitrogen and oxygen atoms in total. The normalized spacial score (nSPS) is 12.0. The van der Waals surface area contributed by atoms with E-state index in [0.717, 1.165) is 0 Å². The summed E-state index contributed by atoms with van der Waals surface area (Å²) in [7, 11) is 0. The fourth-order valence-corrected chi connectivity index (χ4v) is 8.27. The molecule has 43 heavy (non-hydrogen) atoms. The molecule has 3 aromatic heterocycles. The second-order valence-electron chi connectivity index (χ2n) is 11.5. The number of rotatable bonds is 3. The van der Waals surface area contributed by atoms with Crippen LogP contribution in [0.15, 0.2) is 127 Å². The van der Waals surface area contributed by atoms with E-state index in [1.807, 2.05) is 11.3 Å². The van der Waals surface area contributed by atoms with E-state index < -0.39 is 0 Å². The fourth-order valence-electron chi connectivity index (χ4n) is 7.04. The highest BCUT2D eigenvalue weighted by atomic mass is 32.1. The van der Waals surface area contributed by atoms with Gasteiger partial charge in [-0.25, -0.2) is 0 Å². The Morgan fingerprint density at radius 3 is 2.21 bits per heavy atom. The maximum atomic E-state index is 3.60. The monoisotopic (exact) mass is 568 g/mol. The van der Waals surface area contributed by atoms with E-state index in [1.165, 1.54) is 92.1 Å². The van der Waals surface area contributed by atoms with E-state index in [-0.39, 0.29) is 0 Å². The molecule has 3 heteroatoms. The smallest absolute Gasteiger partial charge is 0.0541 e. The summed E-state index contributed by atoms with van der Waals surface area (Å²) in [6.07, 6.45) is 0. The standard InChI is InChI=1S/C40H28N2S/c1-24-18-20-27(23-33(24)39-25(2)41-35-15-6-3-12-32(35)39)42-36-16-7-4-10-29(36)34-22-26(19-21-37(34)42)28-13-9-14-31-30-11-5-8-17-38(30)43-40(28)31/h3-23,41H,1-2H3. The van der Waals surface area contributed by atoms with Crippen LogP contribution in [0.1, 0.15) is 11.3 Å². The van der Waals surface area contributed by atoms with Gasteiger partial charge in [0.25, 0.3) is 0 Å². The topological polar surface area (TPSA) is 20.7 Å². The second kappa shape index (κ2) is 9.19. The number of nitrogens with zero attached hydrogens (tertiary/aromatic N) is 1. The zero-order valence-electron chi connectivity index (χ0n) is 24.0. The Morgan fingerprint density at radius 1 is 0.558 bits per heavy atom. The van der Waals surface area contributed by atoms with Crippen LogP contribution in [-0.2, 0) is 0 Å². The minimum absolute atomic E-state index is 1.18. The van der Waals surface area contributed by atoms with Crippen LogP contribution in [0.25, 0.3) is 80.8 Å². The van der Waals surface area contributed by atoms with E-state index in [0.29, 0.717) is 0 Å². The molecule has 9 aromatic rings. The van der Waals surface area contributed by atoms with Crippen LogP contribution in [0, 0.1) is 13.8 Å². The molecule has 0 bridgehead atoms. The molecule has 3 heterocycles. The van der Waals surface area contributed by atoms with E-state index >= 15 is 0 Å². The van der Waals surface area contributed by atoms with E-state index in [1.54, 1.807) is 0 Å². The van der Waals surface area contributed by atoms with Crippen molar-refractivity contribution in [1.82, 2.24) is 9.55 Å². The summed E-state index contributed by atoms with van der Waals surface area (Å²) in [6, 6.07) is 46.8. The SMILES string of the molecule is Cc1ccc(-n2c3ccccc3c3cc(-c4cccc5c4sc4ccccc45)ccc32)cc1-c1c(C)[nH]c2ccccc12. The molecule has 0 atom stereocenters. The van der Waals surface area contributed by atoms with Crippen molar-refractivity contribution in [3.05, 3.63) is 139 Å². The van der Waals surface area contributed by atoms with Gasteiger partial charge in [0.15, 0.2) is 0 Å². The zero-order chi connectivity index (χ0) is 28.7. The van der Waals surface area contributed by atoms with Gasteiger partial charge in [0.05, 0.1) is 11.0 Å². The summed E-state index contributed by atoms with van der Waals surface area (Å²) in [5.74, 6) is 0. The van der Waals surface area contributed by atoms with E-state index in [2.05, 4.69) is 151 Å². The van der Waals surface area contributed by atoms with Crippen molar-refractivity contribution in [2.45, 2.75) is 13.8 Å². The first-order valence-electron chi connectivity index (χ1n) is 14.8. The number of aryl methyl sites for hydroxylation is 2. The molecule has 0 aliphatic carbocycles. The van der Waals surface area contributed by atoms with Crippen LogP contribution in [0.5, 0.6) is 0 Å². The lowest BCUT2D eigenvalue weighted by Crippen LogP contribution is -1.96. The number of aromatic nitrogens is 2. The van der Waals surface area contributed by atoms with Gasteiger partial charge >= 0.3 is 0 Å². The van der Waals surface area contributed by atoms with Crippen molar-refractivity contribution in [2.75, 3.05) is 0 Å². The lowest BCUT2D eigenvalue weighted by atomic mass is 9.97. The van der Waals surface area contributed by atoms with Crippen molar-refractivity contribution >= 4 is 64.2 Å². The van der Waals surface area contributed by atoms with Crippen molar-refractivity contribution in [2.24, 2.45) is 0 Å². The highest BCUT2D eigenvalue weighted by Crippen LogP contribution is 2.42. The Balaban J connectivity index is 1.27. The first-order chi connectivity index (χ1) is 21.2. The molecule has 0 spiro atoms. The molecule has 0 radical (unpaired) electrons. The van der Waals surface area contributed by atoms with Gasteiger partial charge in [0, 0.05) is 58.8 Å². The Hall–Kier alpha value is -5.12. The molecule has 0 aliphatic heterocycles. The number of nitrogens with one attached hydrogen (secondary N) is 1. The molecular formula is C40H28N2S. The first kappa shape index (κ1) is 24.5. The number of hydrogen-bond acceptors (Lipinski definition) is 1. The number of benzene rings is 6. The summed E-state index contributed by atoms with van der Waals surface area (Å²) in [6.45, 7) is 4.40. The number of hydrogen-bond donors (Lipinski definition) is 1. The van der Waals surface area contributed by atoms with Crippen molar-refractivity contribution < 1.29 is 0 Å². The number of aromatic amines is 1. The summed E-state index contributed by atoms with van der Waals surface area (Å²) in [5.41, 5.74) is 12.4. The largest absolute Gasteiger partial charge is 0.358 e. The molecule has 9 rings (SSSR count). The Bertz CT molecular complexity index is 2540. The van der Waals surface area contributed by atoms with Gasteiger partial charge in [-0.05, 0) is 78.6 Å². The first-order valence-corrected chi connectivity index (χ1v) is 15.6. The highest BCUT2D eigenvalue weighted by Gasteiger charge is 2.18. The Morgan fingerprint density at radius 2 is 1.30 bits per heavy atom. The second-order valence-corrected chi connectivity index (χ2v) is 12.6. The van der Waals surface area contributed by atoms with Crippen LogP contribution in [-0.4, -0.2) is 9.55 Å². The van der Waals surface area contributed by atoms with Gasteiger partial charge < -0.3 is 9.55 Å². The number of thiophene rings is 1. The summed E-state index contributed by atoms with van der Waals surface area (Å²) in [5, 5.41) is 6.48. The van der Waals surface area contributed by atoms with Gasteiger partial charge in [-0.3, -0.25) is 0 Å². The molecule has 6 aromatic carbocycles. The number of fused-ring (bicyclic) bond motifs is 7. The van der Waals surface area contributed by atoms with Crippen LogP contribution in [0.3, 0.4) is 0 Å². The van der Waals surface area contributed by atoms with Crippen molar-refractivity contribution in [3.8, 4) is 27.9 Å². The molecule has 0 aliphatic rings. The van der Waals surface area contributed by atoms with Crippen molar-refractivity contribution in [1.29, 1.82) is 0 Å². The molecule has 0 unspecified atom stereocenters. The summed E-state index contributed by atoms with van der Waals surface area (Å²) in [4.78, 5) is 3.60. The van der Waals surface area contributed by atoms with Crippen LogP contribution >= 0.6 is 11.3 Å². The minimum Gasteiger partial charge on any atom is -0.358 e. The third kappa shape index (κ3) is 3.58. The predicted molar refractivity (Wildman–Crippen MR) is 186 cm³/mol. The quantitative estimate of drug-likeness (QED) is 0.219. The number of H-pyrrole nitrogens is 1. The lowest BCUT2D eigenvalue weighted by Gasteiger charge is -2.13. The van der Waals surface area contributed by atoms with E-state index in [4.69, 9.17) is 0 Å². The molecule has 1 N–H and O–H groups in total. The van der Waals surface area contributed by atoms with Gasteiger partial charge in [0.2, 0.25) is 0 Å². The maximum Gasteiger partial charge on any atom is 0.0541 e. The van der Waals surface area contributed by atoms with Crippen molar-refractivity contribution in [3.63, 3.8) is 0 Å². The Kier molecular flexibility index (Phi) is 5.23. The van der Waals surface area contributed by atoms with Gasteiger partial charge in [-0.15, -0.1) is 11.3 Å². The molecule has 0 amide bonds. The molecule has 0 saturated carbocycles. The van der Waals surface area contributed by atoms with Crippen LogP contribution in [0.2, 0.25) is 0 Å². The van der Waals surface area contributed by atoms with Gasteiger partial charge in [-0.1, -0.05) is 84.9 Å². The molecule has 0 saturated heterocycles. The zero-order valence-corrected chi connectivity index (χ0v) is 24.8. The summed E-state index contributed by atoms with van der Waals surface area (Å²) < 4.78 is 5.12. The average molecular weight is 569 g/mol. The molecule has 0 fully saturated rings. The molecular weight excluding hydrogens is 541 g/mol. The van der Waals surface area contributed by atoms with Gasteiger partial charge in [0.1, 0.15) is 0 Å². The van der Waals surface area contributed by atoms with Gasteiger partial charge in [-0.2, -0.15) is 0 Å². The minimum atomic E-state index is 1.18. The highest BCUT2D eigenvalue weighted by molar-refractivity contribution is 7.26. The van der Waals surface area contributed by atoms with Crippen LogP contribution < -0.4 is 0 Å². The van der Waals surface area contributed by atoms with Crippen LogP contribution in [0.4, 0.5) is 0 Å². The maximum absolute atomic E-state index is 3.60. The lowest BCUT2D eigenvalue weighted by molar-refractivity contribution is 1.17. The fraction of sp³-hybridized carbons (Fsp3) is 0.0500. The third-order valence-corrected chi connectivity index (χ3v) is 10.2. The third-order valence-electron chi connectivity index (χ3n) is 9.03. The Labute approximate surface area is 253 Å². The number of para-hydroxylation sites is 2. The summed E-state index contributed by atoms with van der Waals surface area (Å²) >= 11 is 1.89. The molecule has 204 valence electrons. The average Bonchev–Trinajstić information content (AvgIpc) is 3.70. The van der Waals surface area contributed by atoms with E-state index in [9.17, 15) is 0 Å².